The van der Waals surface area contributed by atoms with Crippen LogP contribution in [0.3, 0.4) is 0 Å². The molecule has 0 N–H and O–H groups in total. The second-order valence-corrected chi connectivity index (χ2v) is 17.7. The molecule has 1 atom stereocenters. The number of hydrogen-bond acceptors (Lipinski definition) is 1. The minimum Gasteiger partial charge on any atom is -0.455 e. The molecule has 3 heterocycles. The molecule has 4 heteroatoms. The zero-order valence-electron chi connectivity index (χ0n) is 31.8. The predicted octanol–water partition coefficient (Wildman–Crippen LogP) is 14.9. The third-order valence-corrected chi connectivity index (χ3v) is 15.6. The Morgan fingerprint density at radius 3 is 2.16 bits per heavy atom. The van der Waals surface area contributed by atoms with Gasteiger partial charge in [0.2, 0.25) is 0 Å². The van der Waals surface area contributed by atoms with Crippen LogP contribution in [0.25, 0.3) is 72.1 Å². The summed E-state index contributed by atoms with van der Waals surface area (Å²) in [5.41, 5.74) is 8.52. The number of nitrogens with zero attached hydrogens (tertiary/aromatic N) is 2. The Kier molecular flexibility index (Phi) is 8.10. The molecule has 0 amide bonds. The molecule has 0 saturated carbocycles. The van der Waals surface area contributed by atoms with Gasteiger partial charge in [-0.05, 0) is 103 Å². The summed E-state index contributed by atoms with van der Waals surface area (Å²) in [5.74, 6) is 0. The van der Waals surface area contributed by atoms with E-state index in [4.69, 9.17) is 4.42 Å². The highest BCUT2D eigenvalue weighted by Crippen LogP contribution is 2.76. The van der Waals surface area contributed by atoms with Gasteiger partial charge in [-0.2, -0.15) is 0 Å². The number of rotatable bonds is 8. The van der Waals surface area contributed by atoms with E-state index in [-0.39, 0.29) is 0 Å². The molecule has 7 aromatic carbocycles. The van der Waals surface area contributed by atoms with Crippen LogP contribution in [0.1, 0.15) is 18.4 Å². The van der Waals surface area contributed by atoms with Crippen molar-refractivity contribution in [3.63, 3.8) is 0 Å². The van der Waals surface area contributed by atoms with Crippen molar-refractivity contribution >= 4 is 70.8 Å². The summed E-state index contributed by atoms with van der Waals surface area (Å²) >= 11 is 0. The topological polar surface area (TPSA) is 23.0 Å². The van der Waals surface area contributed by atoms with Gasteiger partial charge in [0.25, 0.3) is 0 Å². The third kappa shape index (κ3) is 5.04. The summed E-state index contributed by atoms with van der Waals surface area (Å²) < 4.78 is 11.5. The molecule has 276 valence electrons. The van der Waals surface area contributed by atoms with E-state index in [1.807, 2.05) is 24.3 Å². The van der Waals surface area contributed by atoms with Crippen LogP contribution in [0.4, 0.5) is 0 Å². The quantitative estimate of drug-likeness (QED) is 0.141. The highest BCUT2D eigenvalue weighted by atomic mass is 32.3. The minimum atomic E-state index is -2.10. The third-order valence-electron chi connectivity index (χ3n) is 11.5. The fraction of sp³-hybridized carbons (Fsp3) is 0.0370. The highest BCUT2D eigenvalue weighted by molar-refractivity contribution is 8.37. The number of allylic oxidation sites excluding steroid dienone is 6. The molecule has 58 heavy (non-hydrogen) atoms. The summed E-state index contributed by atoms with van der Waals surface area (Å²) in [6, 6.07) is 63.8. The van der Waals surface area contributed by atoms with E-state index in [2.05, 4.69) is 198 Å². The molecular formula is C54H38N2OS. The van der Waals surface area contributed by atoms with Crippen LogP contribution in [-0.4, -0.2) is 9.13 Å². The molecule has 1 aliphatic rings. The zero-order chi connectivity index (χ0) is 38.6. The van der Waals surface area contributed by atoms with Crippen molar-refractivity contribution < 1.29 is 4.42 Å². The molecule has 0 bridgehead atoms. The second-order valence-electron chi connectivity index (χ2n) is 14.7. The lowest BCUT2D eigenvalue weighted by molar-refractivity contribution is 0.673. The summed E-state index contributed by atoms with van der Waals surface area (Å²) in [6.07, 6.45) is 15.1. The molecule has 3 aromatic heterocycles. The maximum Gasteiger partial charge on any atom is 0.146 e. The fourth-order valence-corrected chi connectivity index (χ4v) is 13.5. The maximum atomic E-state index is 6.59. The van der Waals surface area contributed by atoms with E-state index in [1.54, 1.807) is 0 Å². The van der Waals surface area contributed by atoms with Gasteiger partial charge in [-0.3, -0.25) is 0 Å². The van der Waals surface area contributed by atoms with E-state index in [0.717, 1.165) is 68.0 Å². The van der Waals surface area contributed by atoms with Crippen LogP contribution >= 0.6 is 10.0 Å². The summed E-state index contributed by atoms with van der Waals surface area (Å²) in [4.78, 5) is 4.00. The maximum absolute atomic E-state index is 6.59. The van der Waals surface area contributed by atoms with Crippen molar-refractivity contribution in [2.24, 2.45) is 0 Å². The van der Waals surface area contributed by atoms with Gasteiger partial charge in [0.15, 0.2) is 0 Å². The number of aromatic nitrogens is 2. The molecule has 1 unspecified atom stereocenters. The van der Waals surface area contributed by atoms with Crippen molar-refractivity contribution in [1.29, 1.82) is 0 Å². The Labute approximate surface area is 339 Å². The first-order valence-corrected chi connectivity index (χ1v) is 21.4. The van der Waals surface area contributed by atoms with E-state index in [9.17, 15) is 0 Å². The van der Waals surface area contributed by atoms with Crippen LogP contribution in [0, 0.1) is 12.1 Å². The number of hydrogen-bond donors (Lipinski definition) is 0. The Morgan fingerprint density at radius 2 is 1.36 bits per heavy atom. The number of fused-ring (bicyclic) bond motifs is 8. The second kappa shape index (κ2) is 13.8. The monoisotopic (exact) mass is 762 g/mol. The van der Waals surface area contributed by atoms with Crippen molar-refractivity contribution in [3.8, 4) is 11.4 Å². The smallest absolute Gasteiger partial charge is 0.146 e. The van der Waals surface area contributed by atoms with Crippen LogP contribution in [0.5, 0.6) is 0 Å². The lowest BCUT2D eigenvalue weighted by atomic mass is 10.1. The Balaban J connectivity index is 1.23. The Hall–Kier alpha value is -7.19. The van der Waals surface area contributed by atoms with Gasteiger partial charge in [0, 0.05) is 42.9 Å². The standard InChI is InChI=1S/C54H38N2OS/c1-2-3-25-46-43-26-13-16-29-48(43)56(38-19-7-4-8-20-38)54(46)58(40-21-9-5-10-22-40,41-23-11-6-12-24-41)42-34-32-39(33-35-42)55-49-30-17-14-28-47(49)52-50(55)37-36-45-44-27-15-18-31-51(44)57-53(45)52/h2-11,13,15-23,25-27,29-37H,1,12,24H2/b25-3-. The normalized spacial score (nSPS) is 14.7. The SMILES string of the molecule is C=C/C=C\c1c(S(C2=CC=CCC2)(c2ccccc2)c2ccc(-n3c4ccc#cc4c4c5oc6ccccc6c5ccc43)cc2)n(-c2ccccc2)c2ccccc12. The Morgan fingerprint density at radius 1 is 0.638 bits per heavy atom. The fourth-order valence-electron chi connectivity index (χ4n) is 9.12. The average molecular weight is 763 g/mol. The van der Waals surface area contributed by atoms with Crippen molar-refractivity contribution in [3.05, 3.63) is 217 Å². The molecule has 11 rings (SSSR count). The molecule has 0 aliphatic heterocycles. The highest BCUT2D eigenvalue weighted by Gasteiger charge is 2.40. The Bertz CT molecular complexity index is 3290. The predicted molar refractivity (Wildman–Crippen MR) is 244 cm³/mol. The van der Waals surface area contributed by atoms with Crippen LogP contribution in [-0.2, 0) is 0 Å². The van der Waals surface area contributed by atoms with Crippen molar-refractivity contribution in [2.45, 2.75) is 27.7 Å². The van der Waals surface area contributed by atoms with Gasteiger partial charge in [-0.25, -0.2) is 0 Å². The van der Waals surface area contributed by atoms with E-state index >= 15 is 0 Å². The molecule has 0 saturated heterocycles. The summed E-state index contributed by atoms with van der Waals surface area (Å²) in [6.45, 7) is 4.10. The molecule has 1 aliphatic carbocycles. The average Bonchev–Trinajstić information content (AvgIpc) is 3.95. The van der Waals surface area contributed by atoms with Gasteiger partial charge >= 0.3 is 0 Å². The number of para-hydroxylation sites is 3. The van der Waals surface area contributed by atoms with Crippen molar-refractivity contribution in [1.82, 2.24) is 9.13 Å². The van der Waals surface area contributed by atoms with Gasteiger partial charge in [-0.1, -0.05) is 128 Å². The number of furan rings is 1. The van der Waals surface area contributed by atoms with E-state index in [1.165, 1.54) is 36.2 Å². The number of benzene rings is 6. The van der Waals surface area contributed by atoms with Gasteiger partial charge in [0.05, 0.1) is 32.3 Å². The lowest BCUT2D eigenvalue weighted by Crippen LogP contribution is -2.13. The van der Waals surface area contributed by atoms with Gasteiger partial charge in [-0.15, -0.1) is 10.0 Å². The van der Waals surface area contributed by atoms with Crippen LogP contribution in [0.15, 0.2) is 219 Å². The molecule has 0 fully saturated rings. The van der Waals surface area contributed by atoms with E-state index < -0.39 is 10.0 Å². The molecular weight excluding hydrogens is 725 g/mol. The van der Waals surface area contributed by atoms with Crippen LogP contribution in [0.2, 0.25) is 0 Å². The first-order valence-electron chi connectivity index (χ1n) is 19.8. The van der Waals surface area contributed by atoms with E-state index in [0.29, 0.717) is 0 Å². The minimum absolute atomic E-state index is 0.883. The van der Waals surface area contributed by atoms with Gasteiger partial charge < -0.3 is 13.6 Å². The van der Waals surface area contributed by atoms with Crippen molar-refractivity contribution in [2.75, 3.05) is 0 Å². The first-order chi connectivity index (χ1) is 28.8. The van der Waals surface area contributed by atoms with Crippen LogP contribution < -0.4 is 0 Å². The molecule has 0 radical (unpaired) electrons. The van der Waals surface area contributed by atoms with Gasteiger partial charge in [0.1, 0.15) is 11.2 Å². The first kappa shape index (κ1) is 34.1. The summed E-state index contributed by atoms with van der Waals surface area (Å²) in [7, 11) is -2.10. The largest absolute Gasteiger partial charge is 0.455 e. The molecule has 10 aromatic rings. The molecule has 3 nitrogen and oxygen atoms in total. The summed E-state index contributed by atoms with van der Waals surface area (Å²) in [5, 5.41) is 6.78. The zero-order valence-corrected chi connectivity index (χ0v) is 32.6. The lowest BCUT2D eigenvalue weighted by Gasteiger charge is -2.45. The molecule has 0 spiro atoms.